The Morgan fingerprint density at radius 1 is 0.765 bits per heavy atom. The van der Waals surface area contributed by atoms with E-state index in [0.29, 0.717) is 0 Å². The van der Waals surface area contributed by atoms with E-state index in [0.717, 1.165) is 0 Å². The van der Waals surface area contributed by atoms with E-state index in [1.165, 1.54) is 0 Å². The largest absolute Gasteiger partial charge is 1.00 e. The third-order valence-electron chi connectivity index (χ3n) is 0. The minimum Gasteiger partial charge on any atom is -0.412 e. The maximum Gasteiger partial charge on any atom is 1.00 e. The summed E-state index contributed by atoms with van der Waals surface area (Å²) in [6.07, 6.45) is 0. The second-order valence-corrected chi connectivity index (χ2v) is 0.461. The Morgan fingerprint density at radius 2 is 0.765 bits per heavy atom. The molecule has 108 valence electrons. The molecule has 0 unspecified atom stereocenters. The van der Waals surface area contributed by atoms with Gasteiger partial charge in [-0.25, -0.2) is 0 Å². The Balaban J connectivity index is -0.00000000308. The molecule has 0 fully saturated rings. The van der Waals surface area contributed by atoms with Crippen molar-refractivity contribution in [3.05, 3.63) is 25.4 Å². The molecule has 0 aliphatic rings. The van der Waals surface area contributed by atoms with Gasteiger partial charge in [0.05, 0.1) is 5.09 Å². The van der Waals surface area contributed by atoms with Crippen molar-refractivity contribution in [3.8, 4) is 0 Å². The summed E-state index contributed by atoms with van der Waals surface area (Å²) < 4.78 is 0. The second kappa shape index (κ2) is 102. The molecule has 0 spiro atoms. The molecule has 0 aliphatic carbocycles. The molecule has 0 saturated heterocycles. The van der Waals surface area contributed by atoms with Crippen molar-refractivity contribution >= 4 is 23.1 Å². The Kier molecular flexibility index (Phi) is 735. The maximum atomic E-state index is 8.36. The first-order valence-corrected chi connectivity index (χ1v) is 1.11. The van der Waals surface area contributed by atoms with Crippen molar-refractivity contribution in [1.29, 1.82) is 0 Å². The van der Waals surface area contributed by atoms with E-state index in [2.05, 4.69) is 0 Å². The van der Waals surface area contributed by atoms with Gasteiger partial charge in [0.15, 0.2) is 0 Å². The van der Waals surface area contributed by atoms with Crippen LogP contribution in [0.5, 0.6) is 0 Å². The smallest absolute Gasteiger partial charge is 0.412 e. The van der Waals surface area contributed by atoms with E-state index in [1.54, 1.807) is 0 Å². The van der Waals surface area contributed by atoms with Crippen LogP contribution in [-0.2, 0) is 0 Å². The summed E-state index contributed by atoms with van der Waals surface area (Å²) in [4.78, 5) is 16.6. The Morgan fingerprint density at radius 3 is 0.765 bits per heavy atom. The minimum absolute atomic E-state index is 0. The van der Waals surface area contributed by atoms with Gasteiger partial charge in [0.2, 0.25) is 0 Å². The van der Waals surface area contributed by atoms with Gasteiger partial charge < -0.3 is 59.5 Å². The Bertz CT molecular complexity index is 79.8. The number of hydrogen-bond donors (Lipinski definition) is 2. The van der Waals surface area contributed by atoms with Gasteiger partial charge in [0, 0.05) is 0 Å². The maximum absolute atomic E-state index is 8.36. The Hall–Kier alpha value is -0.114. The first-order chi connectivity index (χ1) is 3.46. The molecule has 0 radical (unpaired) electrons. The fraction of sp³-hybridized carbons (Fsp3) is 0. The third kappa shape index (κ3) is 237000. The molecule has 17 heteroatoms. The van der Waals surface area contributed by atoms with Gasteiger partial charge in [-0.1, -0.05) is 0 Å². The van der Waals surface area contributed by atoms with Gasteiger partial charge in [-0.2, -0.15) is 0 Å². The number of nitrogens with zero attached hydrogens (tertiary/aromatic N) is 2. The predicted molar refractivity (Wildman–Crippen MR) is 54.4 cm³/mol. The molecule has 0 amide bonds. The van der Waals surface area contributed by atoms with Gasteiger partial charge in [-0.15, -0.1) is 10.1 Å². The zero-order valence-electron chi connectivity index (χ0n) is 8.09. The van der Waals surface area contributed by atoms with Crippen LogP contribution in [0.2, 0.25) is 0 Å². The van der Waals surface area contributed by atoms with E-state index in [1.807, 2.05) is 0 Å². The zero-order valence-corrected chi connectivity index (χ0v) is 10.1. The van der Waals surface area contributed by atoms with Crippen LogP contribution in [-0.4, -0.2) is 71.3 Å². The molecule has 0 aliphatic heterocycles. The summed E-state index contributed by atoms with van der Waals surface area (Å²) in [6, 6.07) is 0. The average Bonchev–Trinajstić information content (AvgIpc) is 1.25. The van der Waals surface area contributed by atoms with Crippen LogP contribution in [0.4, 0.5) is 0 Å². The molecule has 15 nitrogen and oxygen atoms in total. The van der Waals surface area contributed by atoms with Crippen LogP contribution >= 0.6 is 0 Å². The van der Waals surface area contributed by atoms with Crippen molar-refractivity contribution < 1.29 is 77.8 Å². The van der Waals surface area contributed by atoms with Gasteiger partial charge in [0.1, 0.15) is 0 Å². The molecule has 17 heavy (non-hydrogen) atoms. The summed E-state index contributed by atoms with van der Waals surface area (Å²) >= 11 is 0. The van der Waals surface area contributed by atoms with Crippen LogP contribution in [0.25, 0.3) is 0 Å². The number of rotatable bonds is 0. The summed E-state index contributed by atoms with van der Waals surface area (Å²) in [5.41, 5.74) is 0. The van der Waals surface area contributed by atoms with Crippen LogP contribution in [0.3, 0.4) is 0 Å². The van der Waals surface area contributed by atoms with E-state index in [9.17, 15) is 0 Å². The molecule has 16 N–H and O–H groups in total. The van der Waals surface area contributed by atoms with E-state index in [-0.39, 0.29) is 91.6 Å². The van der Waals surface area contributed by atoms with E-state index in [4.69, 9.17) is 30.6 Å². The van der Waals surface area contributed by atoms with Crippen LogP contribution < -0.4 is 35.7 Å². The molecule has 0 aromatic rings. The van der Waals surface area contributed by atoms with E-state index < -0.39 is 10.2 Å². The molecule has 0 aromatic carbocycles. The average molecular weight is 299 g/mol. The van der Waals surface area contributed by atoms with Crippen LogP contribution in [0, 0.1) is 25.4 Å². The summed E-state index contributed by atoms with van der Waals surface area (Å²) in [7, 11) is 0. The van der Waals surface area contributed by atoms with Gasteiger partial charge >= 0.3 is 52.6 Å². The molecular formula is H18MgN3NaO12. The fourth-order valence-electron chi connectivity index (χ4n) is 0. The SMILES string of the molecule is N.O.O.O.O.O.O.O=[N+]([O-])O.O=[N+]([O-])[O-].[MgH2].[Na+]. The van der Waals surface area contributed by atoms with Crippen molar-refractivity contribution in [2.45, 2.75) is 0 Å². The molecule has 0 heterocycles. The molecule has 0 rings (SSSR count). The van der Waals surface area contributed by atoms with Crippen molar-refractivity contribution in [2.24, 2.45) is 0 Å². The summed E-state index contributed by atoms with van der Waals surface area (Å²) in [5, 5.41) is 28.4. The molecule has 0 atom stereocenters. The minimum atomic E-state index is -1.75. The third-order valence-corrected chi connectivity index (χ3v) is 0. The standard InChI is InChI=1S/Mg.HNO3.NO3.H3N.Na.6H2O.2H/c;2*2-1(3)4;;;;;;;;;;/h;(H,2,3,4);;1H3;;6*1H2;;/q;;-1;;+1;;;;;;;;. The summed E-state index contributed by atoms with van der Waals surface area (Å²) in [6.45, 7) is 0. The first kappa shape index (κ1) is 123. The monoisotopic (exact) mass is 299 g/mol. The first-order valence-electron chi connectivity index (χ1n) is 1.11. The van der Waals surface area contributed by atoms with Gasteiger partial charge in [-0.05, 0) is 0 Å². The topological polar surface area (TPSA) is 354 Å². The van der Waals surface area contributed by atoms with E-state index >= 15 is 0 Å². The molecular weight excluding hydrogens is 281 g/mol. The molecule has 0 bridgehead atoms. The molecule has 0 aromatic heterocycles. The Labute approximate surface area is 132 Å². The predicted octanol–water partition coefficient (Wildman–Crippen LogP) is -9.29. The van der Waals surface area contributed by atoms with Gasteiger partial charge in [0.25, 0.3) is 5.09 Å². The quantitative estimate of drug-likeness (QED) is 0.246. The fourth-order valence-corrected chi connectivity index (χ4v) is 0. The normalized spacial score (nSPS) is 2.82. The molecule has 0 saturated carbocycles. The van der Waals surface area contributed by atoms with Crippen LogP contribution in [0.1, 0.15) is 0 Å². The zero-order chi connectivity index (χ0) is 7.15. The number of hydrogen-bond acceptors (Lipinski definition) is 6. The summed E-state index contributed by atoms with van der Waals surface area (Å²) in [5.74, 6) is 0. The van der Waals surface area contributed by atoms with Crippen molar-refractivity contribution in [3.63, 3.8) is 0 Å². The van der Waals surface area contributed by atoms with Crippen molar-refractivity contribution in [2.75, 3.05) is 0 Å². The van der Waals surface area contributed by atoms with Crippen LogP contribution in [0.15, 0.2) is 0 Å². The van der Waals surface area contributed by atoms with Gasteiger partial charge in [-0.3, -0.25) is 0 Å². The second-order valence-electron chi connectivity index (χ2n) is 0.461. The van der Waals surface area contributed by atoms with Crippen molar-refractivity contribution in [1.82, 2.24) is 6.15 Å².